The van der Waals surface area contributed by atoms with Gasteiger partial charge in [0.2, 0.25) is 0 Å². The standard InChI is InChI=1S/C16H11ClF3N5/c17-15-11(2-1-3-21-15)9-4-12-14(22-5-9)13-10(6-23-24-13)7-25(12)8-16(18,19)20/h1-6H,7-8H2,(H,23,24). The molecule has 1 aliphatic heterocycles. The van der Waals surface area contributed by atoms with E-state index in [0.29, 0.717) is 33.8 Å². The van der Waals surface area contributed by atoms with E-state index in [4.69, 9.17) is 11.6 Å². The minimum absolute atomic E-state index is 0.101. The monoisotopic (exact) mass is 365 g/mol. The molecule has 0 unspecified atom stereocenters. The number of alkyl halides is 3. The molecule has 0 fully saturated rings. The molecule has 0 bridgehead atoms. The van der Waals surface area contributed by atoms with Crippen molar-refractivity contribution < 1.29 is 13.2 Å². The summed E-state index contributed by atoms with van der Waals surface area (Å²) >= 11 is 6.10. The average molecular weight is 366 g/mol. The molecule has 0 atom stereocenters. The molecule has 0 aliphatic carbocycles. The summed E-state index contributed by atoms with van der Waals surface area (Å²) in [6, 6.07) is 5.11. The highest BCUT2D eigenvalue weighted by Crippen LogP contribution is 2.40. The molecule has 1 N–H and O–H groups in total. The van der Waals surface area contributed by atoms with Crippen molar-refractivity contribution in [3.8, 4) is 22.5 Å². The second-order valence-corrected chi connectivity index (χ2v) is 6.03. The summed E-state index contributed by atoms with van der Waals surface area (Å²) in [5, 5.41) is 7.00. The zero-order chi connectivity index (χ0) is 17.6. The van der Waals surface area contributed by atoms with E-state index in [9.17, 15) is 13.2 Å². The molecule has 0 saturated carbocycles. The lowest BCUT2D eigenvalue weighted by atomic mass is 10.0. The lowest BCUT2D eigenvalue weighted by Crippen LogP contribution is -2.35. The smallest absolute Gasteiger partial charge is 0.356 e. The Labute approximate surface area is 145 Å². The minimum atomic E-state index is -4.33. The molecule has 3 aromatic rings. The average Bonchev–Trinajstić information content (AvgIpc) is 3.02. The van der Waals surface area contributed by atoms with Crippen LogP contribution in [-0.2, 0) is 6.54 Å². The zero-order valence-electron chi connectivity index (χ0n) is 12.7. The van der Waals surface area contributed by atoms with Crippen LogP contribution < -0.4 is 4.90 Å². The third-order valence-electron chi connectivity index (χ3n) is 3.96. The van der Waals surface area contributed by atoms with Crippen LogP contribution in [0.5, 0.6) is 0 Å². The van der Waals surface area contributed by atoms with Crippen molar-refractivity contribution in [2.45, 2.75) is 12.7 Å². The number of anilines is 1. The van der Waals surface area contributed by atoms with Crippen LogP contribution in [0.2, 0.25) is 5.15 Å². The molecule has 4 heterocycles. The lowest BCUT2D eigenvalue weighted by molar-refractivity contribution is -0.120. The zero-order valence-corrected chi connectivity index (χ0v) is 13.4. The van der Waals surface area contributed by atoms with Gasteiger partial charge in [-0.25, -0.2) is 4.98 Å². The predicted molar refractivity (Wildman–Crippen MR) is 87.2 cm³/mol. The van der Waals surface area contributed by atoms with Crippen LogP contribution in [0.15, 0.2) is 36.8 Å². The number of nitrogens with one attached hydrogen (secondary N) is 1. The molecule has 0 saturated heterocycles. The van der Waals surface area contributed by atoms with Gasteiger partial charge in [0.15, 0.2) is 0 Å². The largest absolute Gasteiger partial charge is 0.405 e. The first-order valence-electron chi connectivity index (χ1n) is 7.37. The second kappa shape index (κ2) is 5.73. The summed E-state index contributed by atoms with van der Waals surface area (Å²) in [5.41, 5.74) is 3.35. The van der Waals surface area contributed by atoms with Crippen molar-refractivity contribution in [2.24, 2.45) is 0 Å². The van der Waals surface area contributed by atoms with Gasteiger partial charge in [0.25, 0.3) is 0 Å². The summed E-state index contributed by atoms with van der Waals surface area (Å²) in [6.07, 6.45) is 0.309. The van der Waals surface area contributed by atoms with Gasteiger partial charge in [-0.05, 0) is 18.2 Å². The van der Waals surface area contributed by atoms with Gasteiger partial charge in [0.1, 0.15) is 17.4 Å². The van der Waals surface area contributed by atoms with E-state index in [2.05, 4.69) is 20.2 Å². The van der Waals surface area contributed by atoms with Crippen LogP contribution in [0, 0.1) is 0 Å². The fourth-order valence-electron chi connectivity index (χ4n) is 2.92. The van der Waals surface area contributed by atoms with Crippen molar-refractivity contribution in [3.05, 3.63) is 47.5 Å². The molecule has 0 amide bonds. The maximum absolute atomic E-state index is 13.0. The van der Waals surface area contributed by atoms with Gasteiger partial charge in [-0.3, -0.25) is 10.1 Å². The van der Waals surface area contributed by atoms with Gasteiger partial charge in [0.05, 0.1) is 17.6 Å². The van der Waals surface area contributed by atoms with Crippen LogP contribution >= 0.6 is 11.6 Å². The van der Waals surface area contributed by atoms with E-state index in [0.717, 1.165) is 0 Å². The first kappa shape index (κ1) is 15.9. The number of rotatable bonds is 2. The summed E-state index contributed by atoms with van der Waals surface area (Å²) in [4.78, 5) is 9.61. The van der Waals surface area contributed by atoms with Crippen molar-refractivity contribution in [2.75, 3.05) is 11.4 Å². The van der Waals surface area contributed by atoms with Gasteiger partial charge in [0, 0.05) is 35.6 Å². The molecule has 1 aliphatic rings. The van der Waals surface area contributed by atoms with Crippen LogP contribution in [0.4, 0.5) is 18.9 Å². The van der Waals surface area contributed by atoms with Crippen molar-refractivity contribution in [1.82, 2.24) is 20.2 Å². The third-order valence-corrected chi connectivity index (χ3v) is 4.27. The molecular formula is C16H11ClF3N5. The lowest BCUT2D eigenvalue weighted by Gasteiger charge is -2.31. The van der Waals surface area contributed by atoms with Crippen LogP contribution in [0.25, 0.3) is 22.5 Å². The number of pyridine rings is 2. The Bertz CT molecular complexity index is 938. The third kappa shape index (κ3) is 2.93. The highest BCUT2D eigenvalue weighted by molar-refractivity contribution is 6.32. The van der Waals surface area contributed by atoms with E-state index >= 15 is 0 Å². The number of halogens is 4. The van der Waals surface area contributed by atoms with Crippen molar-refractivity contribution in [1.29, 1.82) is 0 Å². The van der Waals surface area contributed by atoms with Gasteiger partial charge in [-0.15, -0.1) is 0 Å². The number of aromatic amines is 1. The molecule has 4 rings (SSSR count). The Morgan fingerprint density at radius 3 is 2.84 bits per heavy atom. The van der Waals surface area contributed by atoms with E-state index in [1.165, 1.54) is 11.1 Å². The normalized spacial score (nSPS) is 13.5. The molecular weight excluding hydrogens is 355 g/mol. The van der Waals surface area contributed by atoms with E-state index < -0.39 is 12.7 Å². The molecule has 3 aromatic heterocycles. The summed E-state index contributed by atoms with van der Waals surface area (Å²) in [7, 11) is 0. The number of hydrogen-bond acceptors (Lipinski definition) is 4. The van der Waals surface area contributed by atoms with Gasteiger partial charge >= 0.3 is 6.18 Å². The van der Waals surface area contributed by atoms with Crippen LogP contribution in [0.3, 0.4) is 0 Å². The summed E-state index contributed by atoms with van der Waals surface area (Å²) in [6.45, 7) is -0.971. The Hall–Kier alpha value is -2.61. The van der Waals surface area contributed by atoms with Gasteiger partial charge < -0.3 is 4.90 Å². The van der Waals surface area contributed by atoms with E-state index in [1.807, 2.05) is 0 Å². The first-order valence-corrected chi connectivity index (χ1v) is 7.75. The quantitative estimate of drug-likeness (QED) is 0.695. The summed E-state index contributed by atoms with van der Waals surface area (Å²) in [5.74, 6) is 0. The highest BCUT2D eigenvalue weighted by Gasteiger charge is 2.35. The fraction of sp³-hybridized carbons (Fsp3) is 0.188. The first-order chi connectivity index (χ1) is 11.9. The molecule has 9 heteroatoms. The number of aromatic nitrogens is 4. The molecule has 0 radical (unpaired) electrons. The topological polar surface area (TPSA) is 57.7 Å². The van der Waals surface area contributed by atoms with Crippen molar-refractivity contribution in [3.63, 3.8) is 0 Å². The molecule has 5 nitrogen and oxygen atoms in total. The van der Waals surface area contributed by atoms with E-state index in [1.54, 1.807) is 30.6 Å². The van der Waals surface area contributed by atoms with Gasteiger partial charge in [-0.1, -0.05) is 11.6 Å². The molecule has 128 valence electrons. The second-order valence-electron chi connectivity index (χ2n) is 5.67. The van der Waals surface area contributed by atoms with Crippen molar-refractivity contribution >= 4 is 17.3 Å². The number of fused-ring (bicyclic) bond motifs is 3. The Morgan fingerprint density at radius 2 is 2.08 bits per heavy atom. The Kier molecular flexibility index (Phi) is 3.64. The Morgan fingerprint density at radius 1 is 1.24 bits per heavy atom. The van der Waals surface area contributed by atoms with E-state index in [-0.39, 0.29) is 11.7 Å². The fourth-order valence-corrected chi connectivity index (χ4v) is 3.15. The van der Waals surface area contributed by atoms with Gasteiger partial charge in [-0.2, -0.15) is 18.3 Å². The molecule has 0 aromatic carbocycles. The Balaban J connectivity index is 1.85. The number of H-pyrrole nitrogens is 1. The maximum atomic E-state index is 13.0. The predicted octanol–water partition coefficient (Wildman–Crippen LogP) is 4.07. The minimum Gasteiger partial charge on any atom is -0.356 e. The number of hydrogen-bond donors (Lipinski definition) is 1. The SMILES string of the molecule is FC(F)(F)CN1Cc2cn[nH]c2-c2ncc(-c3cccnc3Cl)cc21. The molecule has 0 spiro atoms. The maximum Gasteiger partial charge on any atom is 0.405 e. The summed E-state index contributed by atoms with van der Waals surface area (Å²) < 4.78 is 39.0. The van der Waals surface area contributed by atoms with Crippen LogP contribution in [-0.4, -0.2) is 32.9 Å². The molecule has 25 heavy (non-hydrogen) atoms. The number of nitrogens with zero attached hydrogens (tertiary/aromatic N) is 4. The highest BCUT2D eigenvalue weighted by atomic mass is 35.5. The van der Waals surface area contributed by atoms with Crippen LogP contribution in [0.1, 0.15) is 5.56 Å².